The van der Waals surface area contributed by atoms with E-state index in [9.17, 15) is 9.60 Å². The number of benzene rings is 1. The van der Waals surface area contributed by atoms with Gasteiger partial charge in [-0.1, -0.05) is 21.7 Å². The Morgan fingerprint density at radius 1 is 1.46 bits per heavy atom. The third-order valence-electron chi connectivity index (χ3n) is 3.60. The molecule has 1 aromatic carbocycles. The van der Waals surface area contributed by atoms with Crippen LogP contribution in [0.5, 0.6) is 0 Å². The van der Waals surface area contributed by atoms with Gasteiger partial charge in [0.25, 0.3) is 0 Å². The number of aliphatic imine (C=N–C) groups is 1. The first-order chi connectivity index (χ1) is 12.4. The van der Waals surface area contributed by atoms with Crippen molar-refractivity contribution in [3.63, 3.8) is 0 Å². The number of aromatic nitrogens is 2. The van der Waals surface area contributed by atoms with Gasteiger partial charge >= 0.3 is 0 Å². The summed E-state index contributed by atoms with van der Waals surface area (Å²) in [6, 6.07) is 5.40. The molecule has 138 valence electrons. The van der Waals surface area contributed by atoms with E-state index in [1.165, 1.54) is 12.1 Å². The van der Waals surface area contributed by atoms with Crippen LogP contribution in [0.25, 0.3) is 0 Å². The quantitative estimate of drug-likeness (QED) is 0.329. The molecule has 0 amide bonds. The molecule has 9 nitrogen and oxygen atoms in total. The Morgan fingerprint density at radius 3 is 2.88 bits per heavy atom. The van der Waals surface area contributed by atoms with Crippen LogP contribution in [0.15, 0.2) is 27.8 Å². The predicted octanol–water partition coefficient (Wildman–Crippen LogP) is 2.77. The fourth-order valence-corrected chi connectivity index (χ4v) is 3.04. The van der Waals surface area contributed by atoms with Crippen molar-refractivity contribution in [2.75, 3.05) is 11.5 Å². The van der Waals surface area contributed by atoms with E-state index in [1.54, 1.807) is 6.07 Å². The van der Waals surface area contributed by atoms with Gasteiger partial charge in [-0.05, 0) is 36.2 Å². The van der Waals surface area contributed by atoms with E-state index in [0.29, 0.717) is 30.0 Å². The maximum absolute atomic E-state index is 13.4. The molecule has 0 atom stereocenters. The molecular weight excluding hydrogens is 361 g/mol. The first-order valence-electron chi connectivity index (χ1n) is 7.68. The lowest BCUT2D eigenvalue weighted by Crippen LogP contribution is -2.22. The van der Waals surface area contributed by atoms with Crippen LogP contribution in [0.3, 0.4) is 0 Å². The van der Waals surface area contributed by atoms with Gasteiger partial charge < -0.3 is 0 Å². The van der Waals surface area contributed by atoms with Gasteiger partial charge in [0.15, 0.2) is 11.5 Å². The molecule has 0 fully saturated rings. The van der Waals surface area contributed by atoms with Gasteiger partial charge in [0.05, 0.1) is 11.3 Å². The zero-order valence-electron chi connectivity index (χ0n) is 14.0. The average molecular weight is 379 g/mol. The van der Waals surface area contributed by atoms with E-state index >= 15 is 0 Å². The Kier molecular flexibility index (Phi) is 6.37. The highest BCUT2D eigenvalue weighted by Crippen LogP contribution is 2.18. The highest BCUT2D eigenvalue weighted by atomic mass is 32.2. The summed E-state index contributed by atoms with van der Waals surface area (Å²) in [5.74, 6) is 0.190. The van der Waals surface area contributed by atoms with Crippen LogP contribution in [0.4, 0.5) is 10.1 Å². The number of amidine groups is 1. The topological polar surface area (TPSA) is 155 Å². The van der Waals surface area contributed by atoms with Crippen molar-refractivity contribution < 1.29 is 14.2 Å². The highest BCUT2D eigenvalue weighted by molar-refractivity contribution is 7.93. The molecule has 0 aliphatic rings. The van der Waals surface area contributed by atoms with Gasteiger partial charge in [0.2, 0.25) is 0 Å². The second kappa shape index (κ2) is 8.50. The molecule has 0 aliphatic carbocycles. The summed E-state index contributed by atoms with van der Waals surface area (Å²) in [4.78, 5) is 4.11. The third kappa shape index (κ3) is 4.84. The molecule has 0 spiro atoms. The van der Waals surface area contributed by atoms with Crippen LogP contribution < -0.4 is 5.48 Å². The van der Waals surface area contributed by atoms with Gasteiger partial charge in [-0.25, -0.2) is 14.0 Å². The molecule has 2 aromatic rings. The van der Waals surface area contributed by atoms with Crippen LogP contribution in [0, 0.1) is 26.7 Å². The predicted molar refractivity (Wildman–Crippen MR) is 93.1 cm³/mol. The molecule has 0 saturated heterocycles. The van der Waals surface area contributed by atoms with Crippen molar-refractivity contribution in [3.8, 4) is 6.07 Å². The smallest absolute Gasteiger partial charge is 0.181 e. The van der Waals surface area contributed by atoms with Crippen molar-refractivity contribution in [3.05, 3.63) is 41.0 Å². The molecule has 0 aliphatic heterocycles. The van der Waals surface area contributed by atoms with Crippen LogP contribution in [0.2, 0.25) is 0 Å². The maximum atomic E-state index is 13.4. The van der Waals surface area contributed by atoms with Crippen molar-refractivity contribution in [1.82, 2.24) is 15.8 Å². The molecular formula is C15H18FN7O2S. The minimum atomic E-state index is -2.11. The molecule has 0 bridgehead atoms. The number of nitriles is 1. The van der Waals surface area contributed by atoms with Crippen LogP contribution in [0.1, 0.15) is 30.3 Å². The van der Waals surface area contributed by atoms with E-state index in [4.69, 9.17) is 19.5 Å². The van der Waals surface area contributed by atoms with Crippen LogP contribution in [-0.2, 0) is 16.0 Å². The first kappa shape index (κ1) is 19.5. The Labute approximate surface area is 149 Å². The van der Waals surface area contributed by atoms with Crippen LogP contribution >= 0.6 is 0 Å². The van der Waals surface area contributed by atoms with E-state index in [2.05, 4.69) is 15.3 Å². The molecule has 2 rings (SSSR count). The van der Waals surface area contributed by atoms with Crippen molar-refractivity contribution in [2.24, 2.45) is 4.99 Å². The number of nitrogens with zero attached hydrogens (tertiary/aromatic N) is 4. The Hall–Kier alpha value is -2.84. The summed E-state index contributed by atoms with van der Waals surface area (Å²) in [5, 5.41) is 25.7. The third-order valence-corrected chi connectivity index (χ3v) is 5.57. The van der Waals surface area contributed by atoms with E-state index in [-0.39, 0.29) is 22.8 Å². The van der Waals surface area contributed by atoms with Gasteiger partial charge in [0.1, 0.15) is 17.6 Å². The fourth-order valence-electron chi connectivity index (χ4n) is 2.11. The number of hydrogen-bond acceptors (Lipinski definition) is 8. The maximum Gasteiger partial charge on any atom is 0.181 e. The average Bonchev–Trinajstić information content (AvgIpc) is 3.09. The Morgan fingerprint density at radius 2 is 2.23 bits per heavy atom. The molecule has 1 aromatic heterocycles. The van der Waals surface area contributed by atoms with Crippen molar-refractivity contribution in [1.29, 1.82) is 14.8 Å². The molecule has 4 N–H and O–H groups in total. The highest BCUT2D eigenvalue weighted by Gasteiger charge is 2.17. The Bertz CT molecular complexity index is 947. The molecule has 0 radical (unpaired) electrons. The number of hydroxylamine groups is 1. The number of halogens is 1. The first-order valence-corrected chi connectivity index (χ1v) is 9.65. The summed E-state index contributed by atoms with van der Waals surface area (Å²) in [7, 11) is -2.11. The molecule has 26 heavy (non-hydrogen) atoms. The molecule has 11 heteroatoms. The zero-order chi connectivity index (χ0) is 19.2. The largest absolute Gasteiger partial charge is 0.290 e. The lowest BCUT2D eigenvalue weighted by atomic mass is 10.2. The zero-order valence-corrected chi connectivity index (χ0v) is 14.8. The fraction of sp³-hybridized carbons (Fsp3) is 0.333. The van der Waals surface area contributed by atoms with Crippen molar-refractivity contribution in [2.45, 2.75) is 19.8 Å². The standard InChI is InChI=1S/C15H18FN7O2S/c1-2-26(18,19)7-3-4-13-14(23-25-22-13)15(21-24)20-11-5-6-12(16)10(8-11)9-17/h5-6,8,18-19,24H,2-4,7H2,1H3,(H,20,21). The van der Waals surface area contributed by atoms with Crippen LogP contribution in [-0.4, -0.2) is 32.9 Å². The summed E-state index contributed by atoms with van der Waals surface area (Å²) in [5.41, 5.74) is 2.55. The van der Waals surface area contributed by atoms with Crippen molar-refractivity contribution >= 4 is 21.1 Å². The monoisotopic (exact) mass is 379 g/mol. The molecule has 0 saturated carbocycles. The second-order valence-electron chi connectivity index (χ2n) is 5.39. The normalized spacial score (nSPS) is 12.0. The minimum absolute atomic E-state index is 0.0670. The summed E-state index contributed by atoms with van der Waals surface area (Å²) < 4.78 is 33.8. The second-order valence-corrected chi connectivity index (χ2v) is 8.14. The molecule has 0 unspecified atom stereocenters. The van der Waals surface area contributed by atoms with Gasteiger partial charge in [-0.3, -0.25) is 20.2 Å². The SMILES string of the molecule is CCS(=N)(=N)CCCc1nonc1C(=Nc1ccc(F)c(C#N)c1)NO. The minimum Gasteiger partial charge on any atom is -0.290 e. The van der Waals surface area contributed by atoms with E-state index in [0.717, 1.165) is 6.07 Å². The van der Waals surface area contributed by atoms with Gasteiger partial charge in [-0.15, -0.1) is 0 Å². The van der Waals surface area contributed by atoms with E-state index < -0.39 is 15.4 Å². The van der Waals surface area contributed by atoms with Gasteiger partial charge in [-0.2, -0.15) is 5.26 Å². The number of hydrogen-bond donors (Lipinski definition) is 4. The molecule has 1 heterocycles. The number of aryl methyl sites for hydroxylation is 1. The summed E-state index contributed by atoms with van der Waals surface area (Å²) in [6.45, 7) is 1.82. The van der Waals surface area contributed by atoms with E-state index in [1.807, 2.05) is 12.4 Å². The lowest BCUT2D eigenvalue weighted by Gasteiger charge is -2.07. The summed E-state index contributed by atoms with van der Waals surface area (Å²) >= 11 is 0. The number of nitrogens with one attached hydrogen (secondary N) is 3. The lowest BCUT2D eigenvalue weighted by molar-refractivity contribution is 0.234. The van der Waals surface area contributed by atoms with Gasteiger partial charge in [0, 0.05) is 11.5 Å². The Balaban J connectivity index is 2.23. The summed E-state index contributed by atoms with van der Waals surface area (Å²) in [6.07, 6.45) is 0.949. The number of rotatable bonds is 7.